The van der Waals surface area contributed by atoms with E-state index in [1.807, 2.05) is 16.8 Å². The third-order valence-corrected chi connectivity index (χ3v) is 3.66. The summed E-state index contributed by atoms with van der Waals surface area (Å²) in [4.78, 5) is 4.34. The minimum Gasteiger partial charge on any atom is -0.380 e. The molecule has 4 nitrogen and oxygen atoms in total. The van der Waals surface area contributed by atoms with Gasteiger partial charge in [-0.3, -0.25) is 4.68 Å². The average Bonchev–Trinajstić information content (AvgIpc) is 2.87. The second kappa shape index (κ2) is 7.73. The molecule has 0 spiro atoms. The smallest absolute Gasteiger partial charge is 0.181 e. The lowest BCUT2D eigenvalue weighted by Crippen LogP contribution is -2.08. The third kappa shape index (κ3) is 4.86. The van der Waals surface area contributed by atoms with Crippen LogP contribution in [0.15, 0.2) is 30.6 Å². The van der Waals surface area contributed by atoms with Crippen molar-refractivity contribution >= 4 is 22.6 Å². The van der Waals surface area contributed by atoms with Crippen molar-refractivity contribution in [3.63, 3.8) is 0 Å². The Balaban J connectivity index is 1.82. The quantitative estimate of drug-likeness (QED) is 0.540. The van der Waals surface area contributed by atoms with Crippen molar-refractivity contribution in [2.45, 2.75) is 26.8 Å². The summed E-state index contributed by atoms with van der Waals surface area (Å²) < 4.78 is 8.64. The van der Waals surface area contributed by atoms with Crippen LogP contribution in [0.25, 0.3) is 11.4 Å². The van der Waals surface area contributed by atoms with Crippen molar-refractivity contribution in [1.29, 1.82) is 0 Å². The van der Waals surface area contributed by atoms with Crippen LogP contribution in [0.4, 0.5) is 0 Å². The number of halogens is 1. The second-order valence-electron chi connectivity index (χ2n) is 5.13. The molecule has 1 aromatic carbocycles. The van der Waals surface area contributed by atoms with Gasteiger partial charge in [-0.1, -0.05) is 26.0 Å². The van der Waals surface area contributed by atoms with Gasteiger partial charge in [-0.2, -0.15) is 5.10 Å². The van der Waals surface area contributed by atoms with E-state index < -0.39 is 0 Å². The van der Waals surface area contributed by atoms with E-state index in [0.717, 1.165) is 31.0 Å². The predicted molar refractivity (Wildman–Crippen MR) is 88.4 cm³/mol. The monoisotopic (exact) mass is 385 g/mol. The molecule has 0 fully saturated rings. The van der Waals surface area contributed by atoms with E-state index in [-0.39, 0.29) is 0 Å². The van der Waals surface area contributed by atoms with Crippen LogP contribution in [0.1, 0.15) is 20.3 Å². The Morgan fingerprint density at radius 1 is 1.20 bits per heavy atom. The van der Waals surface area contributed by atoms with E-state index in [2.05, 4.69) is 58.7 Å². The molecule has 0 unspecified atom stereocenters. The van der Waals surface area contributed by atoms with Gasteiger partial charge in [0.15, 0.2) is 5.82 Å². The Morgan fingerprint density at radius 3 is 2.65 bits per heavy atom. The first-order chi connectivity index (χ1) is 9.65. The predicted octanol–water partition coefficient (Wildman–Crippen LogP) is 3.61. The third-order valence-electron chi connectivity index (χ3n) is 2.94. The molecular formula is C15H20IN3O. The van der Waals surface area contributed by atoms with E-state index in [9.17, 15) is 0 Å². The molecule has 0 atom stereocenters. The molecule has 0 N–H and O–H groups in total. The highest BCUT2D eigenvalue weighted by molar-refractivity contribution is 14.1. The molecule has 0 aliphatic heterocycles. The first kappa shape index (κ1) is 15.4. The Bertz CT molecular complexity index is 522. The largest absolute Gasteiger partial charge is 0.380 e. The van der Waals surface area contributed by atoms with Crippen LogP contribution in [0.3, 0.4) is 0 Å². The number of benzene rings is 1. The second-order valence-corrected chi connectivity index (χ2v) is 6.38. The highest BCUT2D eigenvalue weighted by atomic mass is 127. The van der Waals surface area contributed by atoms with Crippen molar-refractivity contribution in [2.24, 2.45) is 5.92 Å². The van der Waals surface area contributed by atoms with Crippen LogP contribution in [0.5, 0.6) is 0 Å². The van der Waals surface area contributed by atoms with E-state index >= 15 is 0 Å². The lowest BCUT2D eigenvalue weighted by Gasteiger charge is -2.06. The number of nitrogens with zero attached hydrogens (tertiary/aromatic N) is 3. The molecule has 0 saturated heterocycles. The maximum atomic E-state index is 5.59. The summed E-state index contributed by atoms with van der Waals surface area (Å²) in [6.45, 7) is 6.65. The zero-order valence-corrected chi connectivity index (χ0v) is 14.1. The highest BCUT2D eigenvalue weighted by Crippen LogP contribution is 2.15. The van der Waals surface area contributed by atoms with Crippen LogP contribution in [0, 0.1) is 9.49 Å². The zero-order chi connectivity index (χ0) is 14.4. The first-order valence-corrected chi connectivity index (χ1v) is 7.96. The lowest BCUT2D eigenvalue weighted by atomic mass is 10.1. The molecule has 5 heteroatoms. The first-order valence-electron chi connectivity index (χ1n) is 6.88. The molecule has 2 rings (SSSR count). The fraction of sp³-hybridized carbons (Fsp3) is 0.467. The summed E-state index contributed by atoms with van der Waals surface area (Å²) in [6, 6.07) is 8.21. The van der Waals surface area contributed by atoms with E-state index in [1.165, 1.54) is 3.57 Å². The Morgan fingerprint density at radius 2 is 1.95 bits per heavy atom. The van der Waals surface area contributed by atoms with Crippen LogP contribution in [-0.2, 0) is 11.3 Å². The molecule has 1 aromatic heterocycles. The molecule has 0 bridgehead atoms. The Labute approximate surface area is 133 Å². The topological polar surface area (TPSA) is 39.9 Å². The number of ether oxygens (including phenoxy) is 1. The SMILES string of the molecule is CC(C)CCOCCn1cnc(-c2ccc(I)cc2)n1. The molecular weight excluding hydrogens is 365 g/mol. The highest BCUT2D eigenvalue weighted by Gasteiger charge is 2.04. The number of aromatic nitrogens is 3. The van der Waals surface area contributed by atoms with Crippen LogP contribution in [0.2, 0.25) is 0 Å². The Kier molecular flexibility index (Phi) is 5.97. The van der Waals surface area contributed by atoms with Gasteiger partial charge >= 0.3 is 0 Å². The standard InChI is InChI=1S/C15H20IN3O/c1-12(2)7-9-20-10-8-19-11-17-15(18-19)13-3-5-14(16)6-4-13/h3-6,11-12H,7-10H2,1-2H3. The minimum absolute atomic E-state index is 0.683. The molecule has 0 aliphatic rings. The number of rotatable bonds is 7. The molecule has 0 amide bonds. The van der Waals surface area contributed by atoms with Gasteiger partial charge in [0.25, 0.3) is 0 Å². The summed E-state index contributed by atoms with van der Waals surface area (Å²) in [5, 5.41) is 4.47. The van der Waals surface area contributed by atoms with Gasteiger partial charge in [0, 0.05) is 15.7 Å². The summed E-state index contributed by atoms with van der Waals surface area (Å²) >= 11 is 2.29. The summed E-state index contributed by atoms with van der Waals surface area (Å²) in [7, 11) is 0. The molecule has 20 heavy (non-hydrogen) atoms. The normalized spacial score (nSPS) is 11.2. The van der Waals surface area contributed by atoms with Crippen molar-refractivity contribution < 1.29 is 4.74 Å². The van der Waals surface area contributed by atoms with Gasteiger partial charge in [-0.15, -0.1) is 0 Å². The lowest BCUT2D eigenvalue weighted by molar-refractivity contribution is 0.114. The molecule has 0 aliphatic carbocycles. The van der Waals surface area contributed by atoms with Gasteiger partial charge in [-0.25, -0.2) is 4.98 Å². The molecule has 0 radical (unpaired) electrons. The van der Waals surface area contributed by atoms with Crippen molar-refractivity contribution in [3.8, 4) is 11.4 Å². The Hall–Kier alpha value is -0.950. The molecule has 0 saturated carbocycles. The van der Waals surface area contributed by atoms with Crippen molar-refractivity contribution in [1.82, 2.24) is 14.8 Å². The van der Waals surface area contributed by atoms with Crippen LogP contribution < -0.4 is 0 Å². The van der Waals surface area contributed by atoms with E-state index in [1.54, 1.807) is 6.33 Å². The van der Waals surface area contributed by atoms with Gasteiger partial charge < -0.3 is 4.74 Å². The van der Waals surface area contributed by atoms with Gasteiger partial charge in [0.05, 0.1) is 13.2 Å². The molecule has 1 heterocycles. The van der Waals surface area contributed by atoms with Crippen LogP contribution in [-0.4, -0.2) is 28.0 Å². The van der Waals surface area contributed by atoms with Crippen molar-refractivity contribution in [3.05, 3.63) is 34.2 Å². The molecule has 2 aromatic rings. The average molecular weight is 385 g/mol. The fourth-order valence-corrected chi connectivity index (χ4v) is 2.07. The van der Waals surface area contributed by atoms with Crippen molar-refractivity contribution in [2.75, 3.05) is 13.2 Å². The summed E-state index contributed by atoms with van der Waals surface area (Å²) in [6.07, 6.45) is 2.87. The van der Waals surface area contributed by atoms with Crippen LogP contribution >= 0.6 is 22.6 Å². The van der Waals surface area contributed by atoms with Gasteiger partial charge in [-0.05, 0) is 47.1 Å². The number of hydrogen-bond acceptors (Lipinski definition) is 3. The van der Waals surface area contributed by atoms with E-state index in [4.69, 9.17) is 4.74 Å². The van der Waals surface area contributed by atoms with E-state index in [0.29, 0.717) is 12.5 Å². The maximum absolute atomic E-state index is 5.59. The maximum Gasteiger partial charge on any atom is 0.181 e. The summed E-state index contributed by atoms with van der Waals surface area (Å²) in [5.74, 6) is 1.46. The minimum atomic E-state index is 0.683. The van der Waals surface area contributed by atoms with Gasteiger partial charge in [0.1, 0.15) is 6.33 Å². The zero-order valence-electron chi connectivity index (χ0n) is 11.9. The molecule has 108 valence electrons. The van der Waals surface area contributed by atoms with Gasteiger partial charge in [0.2, 0.25) is 0 Å². The number of hydrogen-bond donors (Lipinski definition) is 0. The fourth-order valence-electron chi connectivity index (χ4n) is 1.71. The summed E-state index contributed by atoms with van der Waals surface area (Å²) in [5.41, 5.74) is 1.05.